The second-order valence-corrected chi connectivity index (χ2v) is 13.9. The quantitative estimate of drug-likeness (QED) is 0.391. The molecule has 1 aliphatic carbocycles. The van der Waals surface area contributed by atoms with E-state index in [0.29, 0.717) is 5.69 Å². The molecule has 0 saturated carbocycles. The Balaban J connectivity index is 1.17. The van der Waals surface area contributed by atoms with Gasteiger partial charge in [0.25, 0.3) is 10.0 Å². The number of aryl methyl sites for hydroxylation is 1. The second-order valence-electron chi connectivity index (χ2n) is 11.2. The third-order valence-electron chi connectivity index (χ3n) is 8.35. The molecular formula is C29H34Cl2N8O3S. The highest BCUT2D eigenvalue weighted by Crippen LogP contribution is 2.32. The molecule has 43 heavy (non-hydrogen) atoms. The first-order chi connectivity index (χ1) is 20.8. The number of hydrogen-bond donors (Lipinski definition) is 1. The Bertz CT molecular complexity index is 1620. The summed E-state index contributed by atoms with van der Waals surface area (Å²) in [7, 11) is -4.11. The number of nitrogens with one attached hydrogen (secondary N) is 1. The summed E-state index contributed by atoms with van der Waals surface area (Å²) in [4.78, 5) is 25.0. The van der Waals surface area contributed by atoms with Crippen LogP contribution in [0.5, 0.6) is 0 Å². The van der Waals surface area contributed by atoms with Gasteiger partial charge in [-0.2, -0.15) is 0 Å². The number of sulfonamides is 1. The summed E-state index contributed by atoms with van der Waals surface area (Å²) >= 11 is 12.1. The summed E-state index contributed by atoms with van der Waals surface area (Å²) in [5, 5.41) is 11.6. The predicted octanol–water partition coefficient (Wildman–Crippen LogP) is 3.92. The molecule has 2 aliphatic heterocycles. The van der Waals surface area contributed by atoms with Crippen molar-refractivity contribution in [2.45, 2.75) is 74.8 Å². The summed E-state index contributed by atoms with van der Waals surface area (Å²) in [6.45, 7) is 3.29. The SMILES string of the molecule is O=C1NC=CN(S(=O)(=O)c2ccc(Cl)c(Cl)c2)[C@@H]1Cc1cn([C@H]2CCCc3nc(CCN4CCCCCC4)ncc32)nn1. The van der Waals surface area contributed by atoms with Gasteiger partial charge in [0.05, 0.1) is 26.7 Å². The number of carbonyl (C=O) groups is 1. The summed E-state index contributed by atoms with van der Waals surface area (Å²) in [6.07, 6.45) is 15.1. The molecule has 1 fully saturated rings. The van der Waals surface area contributed by atoms with Crippen LogP contribution in [0.3, 0.4) is 0 Å². The van der Waals surface area contributed by atoms with E-state index in [-0.39, 0.29) is 27.4 Å². The van der Waals surface area contributed by atoms with Crippen molar-refractivity contribution in [3.63, 3.8) is 0 Å². The minimum atomic E-state index is -4.11. The number of benzene rings is 1. The maximum atomic E-state index is 13.5. The van der Waals surface area contributed by atoms with Crippen LogP contribution in [0.2, 0.25) is 10.0 Å². The number of aromatic nitrogens is 5. The molecule has 4 heterocycles. The lowest BCUT2D eigenvalue weighted by atomic mass is 9.92. The topological polar surface area (TPSA) is 126 Å². The van der Waals surface area contributed by atoms with Gasteiger partial charge in [0.2, 0.25) is 5.91 Å². The first-order valence-corrected chi connectivity index (χ1v) is 16.9. The van der Waals surface area contributed by atoms with Gasteiger partial charge in [0.15, 0.2) is 0 Å². The summed E-state index contributed by atoms with van der Waals surface area (Å²) in [5.41, 5.74) is 2.57. The Hall–Kier alpha value is -3.06. The third-order valence-corrected chi connectivity index (χ3v) is 10.9. The zero-order valence-corrected chi connectivity index (χ0v) is 26.0. The summed E-state index contributed by atoms with van der Waals surface area (Å²) in [5.74, 6) is 0.410. The van der Waals surface area contributed by atoms with E-state index in [1.807, 2.05) is 6.20 Å². The van der Waals surface area contributed by atoms with Gasteiger partial charge in [-0.25, -0.2) is 23.1 Å². The number of halogens is 2. The van der Waals surface area contributed by atoms with Gasteiger partial charge in [-0.1, -0.05) is 41.3 Å². The number of amides is 1. The Morgan fingerprint density at radius 3 is 2.65 bits per heavy atom. The van der Waals surface area contributed by atoms with Crippen LogP contribution >= 0.6 is 23.2 Å². The highest BCUT2D eigenvalue weighted by atomic mass is 35.5. The van der Waals surface area contributed by atoms with Crippen LogP contribution < -0.4 is 5.32 Å². The normalized spacial score (nSPS) is 21.3. The fourth-order valence-corrected chi connectivity index (χ4v) is 7.87. The zero-order valence-electron chi connectivity index (χ0n) is 23.7. The maximum absolute atomic E-state index is 13.5. The lowest BCUT2D eigenvalue weighted by molar-refractivity contribution is -0.124. The first kappa shape index (κ1) is 30.0. The monoisotopic (exact) mass is 644 g/mol. The van der Waals surface area contributed by atoms with Crippen molar-refractivity contribution < 1.29 is 13.2 Å². The standard InChI is InChI=1S/C29H34Cl2N8O3S/c30-23-9-8-21(17-24(23)31)43(41,42)39-15-11-32-29(40)27(39)16-20-19-38(36-35-20)26-7-5-6-25-22(26)18-33-28(34-25)10-14-37-12-3-1-2-4-13-37/h8-9,11,15,17-19,26-27H,1-7,10,12-14,16H2,(H,32,40)/t26-,27+/m0/s1. The van der Waals surface area contributed by atoms with Crippen LogP contribution in [0, 0.1) is 0 Å². The second kappa shape index (κ2) is 12.9. The van der Waals surface area contributed by atoms with Crippen LogP contribution in [-0.4, -0.2) is 74.2 Å². The van der Waals surface area contributed by atoms with Gasteiger partial charge in [-0.15, -0.1) is 5.10 Å². The molecule has 228 valence electrons. The largest absolute Gasteiger partial charge is 0.329 e. The Kier molecular flexibility index (Phi) is 8.99. The molecule has 1 saturated heterocycles. The van der Waals surface area contributed by atoms with E-state index in [4.69, 9.17) is 33.2 Å². The lowest BCUT2D eigenvalue weighted by Crippen LogP contribution is -2.50. The van der Waals surface area contributed by atoms with E-state index in [9.17, 15) is 13.2 Å². The van der Waals surface area contributed by atoms with Crippen LogP contribution in [0.15, 0.2) is 47.9 Å². The molecule has 6 rings (SSSR count). The van der Waals surface area contributed by atoms with Crippen molar-refractivity contribution >= 4 is 39.1 Å². The fourth-order valence-electron chi connectivity index (χ4n) is 6.03. The molecule has 3 aliphatic rings. The van der Waals surface area contributed by atoms with Gasteiger partial charge in [0.1, 0.15) is 11.9 Å². The van der Waals surface area contributed by atoms with Gasteiger partial charge in [-0.05, 0) is 63.4 Å². The molecular weight excluding hydrogens is 611 g/mol. The van der Waals surface area contributed by atoms with Gasteiger partial charge in [0, 0.05) is 55.4 Å². The van der Waals surface area contributed by atoms with E-state index < -0.39 is 22.0 Å². The average Bonchev–Trinajstić information content (AvgIpc) is 3.31. The van der Waals surface area contributed by atoms with E-state index in [2.05, 4.69) is 20.5 Å². The molecule has 14 heteroatoms. The Morgan fingerprint density at radius 1 is 1.05 bits per heavy atom. The summed E-state index contributed by atoms with van der Waals surface area (Å²) < 4.78 is 29.8. The first-order valence-electron chi connectivity index (χ1n) is 14.7. The fraction of sp³-hybridized carbons (Fsp3) is 0.483. The van der Waals surface area contributed by atoms with E-state index in [1.165, 1.54) is 56.3 Å². The molecule has 0 spiro atoms. The number of rotatable bonds is 8. The number of carbonyl (C=O) groups excluding carboxylic acids is 1. The van der Waals surface area contributed by atoms with Crippen LogP contribution in [0.25, 0.3) is 0 Å². The minimum Gasteiger partial charge on any atom is -0.329 e. The number of fused-ring (bicyclic) bond motifs is 1. The average molecular weight is 646 g/mol. The molecule has 2 atom stereocenters. The predicted molar refractivity (Wildman–Crippen MR) is 162 cm³/mol. The number of likely N-dealkylation sites (tertiary alicyclic amines) is 1. The Labute approximate surface area is 261 Å². The highest BCUT2D eigenvalue weighted by molar-refractivity contribution is 7.89. The molecule has 3 aromatic rings. The third kappa shape index (κ3) is 6.57. The molecule has 11 nitrogen and oxygen atoms in total. The van der Waals surface area contributed by atoms with E-state index in [1.54, 1.807) is 10.9 Å². The van der Waals surface area contributed by atoms with Crippen LogP contribution in [0.1, 0.15) is 67.3 Å². The molecule has 0 bridgehead atoms. The van der Waals surface area contributed by atoms with E-state index in [0.717, 1.165) is 66.7 Å². The lowest BCUT2D eigenvalue weighted by Gasteiger charge is -2.31. The molecule has 1 N–H and O–H groups in total. The van der Waals surface area contributed by atoms with Crippen molar-refractivity contribution in [1.29, 1.82) is 0 Å². The van der Waals surface area contributed by atoms with Gasteiger partial charge in [-0.3, -0.25) is 9.10 Å². The van der Waals surface area contributed by atoms with Crippen molar-refractivity contribution in [1.82, 2.24) is 39.5 Å². The molecule has 1 aromatic carbocycles. The molecule has 2 aromatic heterocycles. The van der Waals surface area contributed by atoms with Crippen molar-refractivity contribution in [2.24, 2.45) is 0 Å². The van der Waals surface area contributed by atoms with Crippen LogP contribution in [-0.2, 0) is 34.1 Å². The summed E-state index contributed by atoms with van der Waals surface area (Å²) in [6, 6.07) is 2.90. The molecule has 0 radical (unpaired) electrons. The maximum Gasteiger partial charge on any atom is 0.264 e. The zero-order chi connectivity index (χ0) is 30.0. The molecule has 1 amide bonds. The van der Waals surface area contributed by atoms with Crippen molar-refractivity contribution in [2.75, 3.05) is 19.6 Å². The van der Waals surface area contributed by atoms with Gasteiger partial charge >= 0.3 is 0 Å². The van der Waals surface area contributed by atoms with Crippen molar-refractivity contribution in [3.8, 4) is 0 Å². The highest BCUT2D eigenvalue weighted by Gasteiger charge is 2.37. The van der Waals surface area contributed by atoms with Crippen molar-refractivity contribution in [3.05, 3.63) is 75.8 Å². The number of nitrogens with zero attached hydrogens (tertiary/aromatic N) is 7. The van der Waals surface area contributed by atoms with E-state index >= 15 is 0 Å². The minimum absolute atomic E-state index is 0.0300. The Morgan fingerprint density at radius 2 is 1.86 bits per heavy atom. The number of hydrogen-bond acceptors (Lipinski definition) is 8. The smallest absolute Gasteiger partial charge is 0.264 e. The van der Waals surface area contributed by atoms with Gasteiger partial charge < -0.3 is 10.2 Å². The molecule has 0 unspecified atom stereocenters. The van der Waals surface area contributed by atoms with Crippen LogP contribution in [0.4, 0.5) is 0 Å².